The van der Waals surface area contributed by atoms with Gasteiger partial charge in [-0.05, 0) is 124 Å². The number of amides is 2. The summed E-state index contributed by atoms with van der Waals surface area (Å²) in [6.45, 7) is 5.21. The molecular weight excluding hydrogens is 817 g/mol. The Balaban J connectivity index is 1.14. The lowest BCUT2D eigenvalue weighted by Gasteiger charge is -2.30. The molecule has 0 saturated carbocycles. The van der Waals surface area contributed by atoms with E-state index in [2.05, 4.69) is 16.7 Å². The largest absolute Gasteiger partial charge is 0.504 e. The van der Waals surface area contributed by atoms with Crippen molar-refractivity contribution in [2.75, 3.05) is 66.6 Å². The number of unbranched alkanes of at least 4 members (excludes halogenated alkanes) is 1. The molecule has 1 saturated heterocycles. The summed E-state index contributed by atoms with van der Waals surface area (Å²) in [6, 6.07) is 25.7. The molecule has 6 rings (SSSR count). The second kappa shape index (κ2) is 23.4. The Kier molecular flexibility index (Phi) is 17.3. The van der Waals surface area contributed by atoms with E-state index in [0.29, 0.717) is 41.9 Å². The number of phenols is 2. The Labute approximate surface area is 373 Å². The van der Waals surface area contributed by atoms with Gasteiger partial charge in [0.2, 0.25) is 11.8 Å². The van der Waals surface area contributed by atoms with Crippen LogP contribution in [-0.2, 0) is 20.9 Å². The second-order valence-corrected chi connectivity index (χ2v) is 16.5. The molecule has 0 atom stereocenters. The number of likely N-dealkylation sites (tertiary alicyclic amines) is 1. The Morgan fingerprint density at radius 1 is 0.794 bits per heavy atom. The topological polar surface area (TPSA) is 180 Å². The lowest BCUT2D eigenvalue weighted by Crippen LogP contribution is -2.42. The molecule has 14 heteroatoms. The van der Waals surface area contributed by atoms with E-state index in [1.54, 1.807) is 52.7 Å². The zero-order valence-corrected chi connectivity index (χ0v) is 36.9. The molecule has 1 aromatic heterocycles. The maximum Gasteiger partial charge on any atom is 0.223 e. The van der Waals surface area contributed by atoms with Gasteiger partial charge in [0, 0.05) is 55.7 Å². The first-order valence-corrected chi connectivity index (χ1v) is 22.3. The molecule has 332 valence electrons. The van der Waals surface area contributed by atoms with E-state index in [9.17, 15) is 24.6 Å². The van der Waals surface area contributed by atoms with Gasteiger partial charge in [0.15, 0.2) is 28.8 Å². The molecule has 0 spiro atoms. The van der Waals surface area contributed by atoms with Crippen molar-refractivity contribution in [1.29, 1.82) is 0 Å². The Bertz CT molecular complexity index is 2290. The van der Waals surface area contributed by atoms with Crippen LogP contribution in [-0.4, -0.2) is 109 Å². The van der Waals surface area contributed by atoms with Crippen molar-refractivity contribution in [3.63, 3.8) is 0 Å². The molecule has 63 heavy (non-hydrogen) atoms. The van der Waals surface area contributed by atoms with Crippen molar-refractivity contribution in [1.82, 2.24) is 25.4 Å². The molecule has 0 bridgehead atoms. The summed E-state index contributed by atoms with van der Waals surface area (Å²) < 4.78 is 11.7. The minimum absolute atomic E-state index is 0.0000693. The molecule has 4 aromatic carbocycles. The minimum Gasteiger partial charge on any atom is -0.504 e. The number of rotatable bonds is 22. The monoisotopic (exact) mass is 874 g/mol. The number of nitrogens with zero attached hydrogens (tertiary/aromatic N) is 3. The number of carbonyl (C=O) groups excluding carboxylic acids is 3. The molecule has 2 amide bonds. The van der Waals surface area contributed by atoms with Crippen LogP contribution in [0.2, 0.25) is 0 Å². The number of benzene rings is 4. The number of nitrogens with one attached hydrogen (secondary N) is 2. The highest BCUT2D eigenvalue weighted by Gasteiger charge is 2.30. The fraction of sp³-hybridized carbons (Fsp3) is 0.347. The fourth-order valence-electron chi connectivity index (χ4n) is 7.35. The van der Waals surface area contributed by atoms with Gasteiger partial charge >= 0.3 is 0 Å². The first kappa shape index (κ1) is 46.4. The minimum atomic E-state index is -0.265. The van der Waals surface area contributed by atoms with Gasteiger partial charge in [-0.2, -0.15) is 0 Å². The van der Waals surface area contributed by atoms with Gasteiger partial charge in [-0.3, -0.25) is 14.4 Å². The average molecular weight is 875 g/mol. The maximum absolute atomic E-state index is 14.0. The predicted octanol–water partition coefficient (Wildman–Crippen LogP) is 6.78. The number of aromatic nitrogens is 1. The normalized spacial score (nSPS) is 14.1. The average Bonchev–Trinajstić information content (AvgIpc) is 3.74. The van der Waals surface area contributed by atoms with Crippen LogP contribution in [0.5, 0.6) is 23.0 Å². The zero-order valence-electron chi connectivity index (χ0n) is 36.1. The molecule has 1 aliphatic heterocycles. The van der Waals surface area contributed by atoms with Crippen LogP contribution in [0.3, 0.4) is 0 Å². The van der Waals surface area contributed by atoms with E-state index in [1.165, 1.54) is 26.4 Å². The second-order valence-electron chi connectivity index (χ2n) is 15.5. The zero-order chi connectivity index (χ0) is 44.6. The van der Waals surface area contributed by atoms with Crippen LogP contribution in [0, 0.1) is 0 Å². The summed E-state index contributed by atoms with van der Waals surface area (Å²) in [4.78, 5) is 50.2. The Morgan fingerprint density at radius 2 is 1.38 bits per heavy atom. The van der Waals surface area contributed by atoms with Gasteiger partial charge in [0.25, 0.3) is 0 Å². The SMILES string of the molecule is COc1cc(/C=C2\CN(C(=O)CCC(=O)N(CCCNCCCCNCCCN)Cc3ccc(-c4nc5ccccc5s4)cc3)C/C(=C\c3ccc(O)c(OC)c3)C2=O)ccc1O. The smallest absolute Gasteiger partial charge is 0.223 e. The van der Waals surface area contributed by atoms with Crippen molar-refractivity contribution in [3.8, 4) is 33.6 Å². The highest BCUT2D eigenvalue weighted by molar-refractivity contribution is 7.21. The number of ketones is 1. The Morgan fingerprint density at radius 3 is 1.97 bits per heavy atom. The van der Waals surface area contributed by atoms with Crippen LogP contribution in [0.15, 0.2) is 96.1 Å². The molecule has 0 radical (unpaired) electrons. The van der Waals surface area contributed by atoms with Crippen molar-refractivity contribution in [2.45, 2.75) is 45.1 Å². The van der Waals surface area contributed by atoms with Gasteiger partial charge in [-0.25, -0.2) is 4.98 Å². The quantitative estimate of drug-likeness (QED) is 0.0366. The number of hydrogen-bond acceptors (Lipinski definition) is 12. The van der Waals surface area contributed by atoms with E-state index < -0.39 is 0 Å². The molecule has 5 aromatic rings. The van der Waals surface area contributed by atoms with Gasteiger partial charge in [0.05, 0.1) is 24.4 Å². The predicted molar refractivity (Wildman–Crippen MR) is 250 cm³/mol. The summed E-state index contributed by atoms with van der Waals surface area (Å²) in [5.41, 5.74) is 10.5. The third-order valence-electron chi connectivity index (χ3n) is 10.8. The molecule has 1 aliphatic rings. The molecular formula is C49H58N6O7S. The standard InChI is InChI=1S/C49H58N6O7S/c1-61-43-29-35(13-17-41(43)56)27-38-32-55(33-39(48(38)60)28-36-14-18-42(57)44(30-36)62-2)47(59)20-19-46(58)54(26-8-25-52-23-6-5-22-51-24-7-21-50)31-34-11-15-37(16-12-34)49-53-40-9-3-4-10-45(40)63-49/h3-4,9-18,27-30,51-52,56-57H,5-8,19-26,31-33,50H2,1-2H3/b38-27+,39-28+. The van der Waals surface area contributed by atoms with E-state index in [4.69, 9.17) is 20.2 Å². The molecule has 6 N–H and O–H groups in total. The van der Waals surface area contributed by atoms with E-state index in [0.717, 1.165) is 78.2 Å². The number of phenolic OH excluding ortho intramolecular Hbond substituents is 2. The van der Waals surface area contributed by atoms with Crippen molar-refractivity contribution >= 4 is 51.3 Å². The number of thiazole rings is 1. The van der Waals surface area contributed by atoms with Gasteiger partial charge in [-0.15, -0.1) is 11.3 Å². The number of piperidine rings is 1. The van der Waals surface area contributed by atoms with Crippen LogP contribution in [0.25, 0.3) is 32.9 Å². The number of aromatic hydroxyl groups is 2. The molecule has 13 nitrogen and oxygen atoms in total. The van der Waals surface area contributed by atoms with Gasteiger partial charge in [-0.1, -0.05) is 48.5 Å². The molecule has 2 heterocycles. The number of fused-ring (bicyclic) bond motifs is 1. The third-order valence-corrected chi connectivity index (χ3v) is 11.9. The highest BCUT2D eigenvalue weighted by Crippen LogP contribution is 2.32. The molecule has 0 aliphatic carbocycles. The van der Waals surface area contributed by atoms with E-state index >= 15 is 0 Å². The van der Waals surface area contributed by atoms with Crippen LogP contribution >= 0.6 is 11.3 Å². The van der Waals surface area contributed by atoms with Crippen LogP contribution in [0.1, 0.15) is 55.2 Å². The number of carbonyl (C=O) groups is 3. The number of ether oxygens (including phenoxy) is 2. The molecule has 1 fully saturated rings. The van der Waals surface area contributed by atoms with Crippen LogP contribution < -0.4 is 25.8 Å². The fourth-order valence-corrected chi connectivity index (χ4v) is 8.32. The first-order valence-electron chi connectivity index (χ1n) is 21.5. The highest BCUT2D eigenvalue weighted by atomic mass is 32.1. The summed E-state index contributed by atoms with van der Waals surface area (Å²) in [5, 5.41) is 28.2. The van der Waals surface area contributed by atoms with Crippen LogP contribution in [0.4, 0.5) is 0 Å². The number of methoxy groups -OCH3 is 2. The van der Waals surface area contributed by atoms with Gasteiger partial charge < -0.3 is 45.9 Å². The molecule has 0 unspecified atom stereocenters. The third kappa shape index (κ3) is 13.2. The lowest BCUT2D eigenvalue weighted by molar-refractivity contribution is -0.137. The van der Waals surface area contributed by atoms with Crippen molar-refractivity contribution < 1.29 is 34.1 Å². The summed E-state index contributed by atoms with van der Waals surface area (Å²) >= 11 is 1.64. The van der Waals surface area contributed by atoms with Crippen molar-refractivity contribution in [3.05, 3.63) is 113 Å². The summed E-state index contributed by atoms with van der Waals surface area (Å²) in [5.74, 6) is -0.226. The number of hydrogen-bond donors (Lipinski definition) is 5. The maximum atomic E-state index is 14.0. The number of nitrogens with two attached hydrogens (primary N) is 1. The Hall–Kier alpha value is -6.06. The lowest BCUT2D eigenvalue weighted by atomic mass is 9.93. The summed E-state index contributed by atoms with van der Waals surface area (Å²) in [7, 11) is 2.89. The summed E-state index contributed by atoms with van der Waals surface area (Å²) in [6.07, 6.45) is 7.15. The number of Topliss-reactive ketones (excluding diaryl/α,β-unsaturated/α-hetero) is 1. The van der Waals surface area contributed by atoms with Crippen molar-refractivity contribution in [2.24, 2.45) is 5.73 Å². The van der Waals surface area contributed by atoms with E-state index in [-0.39, 0.29) is 66.5 Å². The first-order chi connectivity index (χ1) is 30.6. The number of para-hydroxylation sites is 1. The van der Waals surface area contributed by atoms with E-state index in [1.807, 2.05) is 47.4 Å². The van der Waals surface area contributed by atoms with Gasteiger partial charge in [0.1, 0.15) is 5.01 Å².